The molecule has 1 saturated carbocycles. The van der Waals surface area contributed by atoms with Crippen LogP contribution in [0.15, 0.2) is 12.3 Å². The lowest BCUT2D eigenvalue weighted by Crippen LogP contribution is -2.36. The van der Waals surface area contributed by atoms with Crippen LogP contribution in [0.25, 0.3) is 0 Å². The number of nitrogens with zero attached hydrogens (tertiary/aromatic N) is 1. The molecule has 1 heterocycles. The number of anilines is 1. The highest BCUT2D eigenvalue weighted by Gasteiger charge is 2.14. The van der Waals surface area contributed by atoms with Crippen molar-refractivity contribution in [3.8, 4) is 0 Å². The molecule has 0 aromatic carbocycles. The standard InChI is InChI=1S/C10H13ClN4O2.C7H14.C6H13NO2/c1-6(2)14-8-3-9(11)12-4-7(8)10(17)15-13-5-16;1-7-5-3-2-4-6-7;1-6(2,3)9-5(8)7-4/h3-6H,1-2H3,(H,12,14)(H,13,16)(H,15,17);7H,2-6H2,1H3;1-4H3,(H,7,8). The second-order valence-electron chi connectivity index (χ2n) is 9.06. The number of alkyl carbamates (subject to hydrolysis) is 1. The molecule has 9 nitrogen and oxygen atoms in total. The van der Waals surface area contributed by atoms with Gasteiger partial charge in [-0.1, -0.05) is 50.6 Å². The van der Waals surface area contributed by atoms with Crippen LogP contribution in [0.1, 0.15) is 84.0 Å². The fraction of sp³-hybridized carbons (Fsp3) is 0.652. The maximum atomic E-state index is 11.7. The predicted molar refractivity (Wildman–Crippen MR) is 132 cm³/mol. The molecule has 0 atom stereocenters. The minimum Gasteiger partial charge on any atom is -0.444 e. The van der Waals surface area contributed by atoms with Crippen molar-refractivity contribution in [2.24, 2.45) is 5.92 Å². The van der Waals surface area contributed by atoms with Gasteiger partial charge in [-0.2, -0.15) is 0 Å². The van der Waals surface area contributed by atoms with Gasteiger partial charge in [0.25, 0.3) is 5.91 Å². The van der Waals surface area contributed by atoms with E-state index in [0.717, 1.165) is 5.92 Å². The maximum absolute atomic E-state index is 11.7. The zero-order valence-electron chi connectivity index (χ0n) is 20.9. The van der Waals surface area contributed by atoms with Gasteiger partial charge in [0.2, 0.25) is 6.41 Å². The van der Waals surface area contributed by atoms with E-state index < -0.39 is 5.91 Å². The van der Waals surface area contributed by atoms with Crippen molar-refractivity contribution in [2.45, 2.75) is 85.3 Å². The van der Waals surface area contributed by atoms with Crippen molar-refractivity contribution in [1.29, 1.82) is 0 Å². The number of hydrogen-bond acceptors (Lipinski definition) is 6. The normalized spacial score (nSPS) is 13.4. The van der Waals surface area contributed by atoms with Crippen molar-refractivity contribution in [1.82, 2.24) is 21.2 Å². The Balaban J connectivity index is 0.000000533. The lowest BCUT2D eigenvalue weighted by atomic mass is 9.91. The molecule has 1 aliphatic carbocycles. The zero-order chi connectivity index (χ0) is 25.4. The van der Waals surface area contributed by atoms with Crippen molar-refractivity contribution in [3.05, 3.63) is 23.0 Å². The van der Waals surface area contributed by atoms with Gasteiger partial charge in [-0.3, -0.25) is 20.4 Å². The number of ether oxygens (including phenoxy) is 1. The van der Waals surface area contributed by atoms with Crippen molar-refractivity contribution in [3.63, 3.8) is 0 Å². The van der Waals surface area contributed by atoms with Crippen LogP contribution in [-0.4, -0.2) is 42.1 Å². The molecular formula is C23H40ClN5O4. The van der Waals surface area contributed by atoms with Crippen LogP contribution < -0.4 is 21.5 Å². The Kier molecular flexibility index (Phi) is 14.9. The number of pyridine rings is 1. The minimum absolute atomic E-state index is 0.138. The number of amides is 3. The van der Waals surface area contributed by atoms with Crippen LogP contribution in [0.4, 0.5) is 10.5 Å². The quantitative estimate of drug-likeness (QED) is 0.273. The molecule has 3 amide bonds. The number of nitrogens with one attached hydrogen (secondary N) is 4. The molecule has 188 valence electrons. The number of rotatable bonds is 5. The molecule has 10 heteroatoms. The first-order valence-electron chi connectivity index (χ1n) is 11.2. The lowest BCUT2D eigenvalue weighted by molar-refractivity contribution is -0.110. The van der Waals surface area contributed by atoms with Crippen molar-refractivity contribution in [2.75, 3.05) is 12.4 Å². The van der Waals surface area contributed by atoms with Crippen LogP contribution in [0.3, 0.4) is 0 Å². The van der Waals surface area contributed by atoms with Crippen LogP contribution in [-0.2, 0) is 9.53 Å². The summed E-state index contributed by atoms with van der Waals surface area (Å²) in [5.41, 5.74) is 4.75. The van der Waals surface area contributed by atoms with Gasteiger partial charge in [-0.25, -0.2) is 9.78 Å². The number of carbonyl (C=O) groups excluding carboxylic acids is 3. The molecule has 1 fully saturated rings. The summed E-state index contributed by atoms with van der Waals surface area (Å²) >= 11 is 5.75. The van der Waals surface area contributed by atoms with Crippen LogP contribution in [0.5, 0.6) is 0 Å². The van der Waals surface area contributed by atoms with Gasteiger partial charge in [-0.05, 0) is 46.6 Å². The molecule has 2 rings (SSSR count). The average Bonchev–Trinajstić information content (AvgIpc) is 2.72. The summed E-state index contributed by atoms with van der Waals surface area (Å²) in [6, 6.07) is 1.69. The Morgan fingerprint density at radius 3 is 2.21 bits per heavy atom. The summed E-state index contributed by atoms with van der Waals surface area (Å²) in [6.07, 6.45) is 8.76. The smallest absolute Gasteiger partial charge is 0.407 e. The largest absolute Gasteiger partial charge is 0.444 e. The second-order valence-corrected chi connectivity index (χ2v) is 9.45. The first-order chi connectivity index (χ1) is 15.4. The molecule has 0 bridgehead atoms. The van der Waals surface area contributed by atoms with Gasteiger partial charge in [0.05, 0.1) is 11.3 Å². The topological polar surface area (TPSA) is 121 Å². The number of hydrazine groups is 1. The fourth-order valence-electron chi connectivity index (χ4n) is 2.84. The van der Waals surface area contributed by atoms with E-state index in [-0.39, 0.29) is 22.9 Å². The summed E-state index contributed by atoms with van der Waals surface area (Å²) in [5.74, 6) is 0.568. The van der Waals surface area contributed by atoms with Crippen LogP contribution in [0, 0.1) is 5.92 Å². The summed E-state index contributed by atoms with van der Waals surface area (Å²) in [6.45, 7) is 11.7. The summed E-state index contributed by atoms with van der Waals surface area (Å²) in [5, 5.41) is 5.72. The van der Waals surface area contributed by atoms with E-state index in [1.54, 1.807) is 6.07 Å². The molecule has 0 aliphatic heterocycles. The molecule has 0 spiro atoms. The Bertz CT molecular complexity index is 732. The van der Waals surface area contributed by atoms with Gasteiger partial charge in [-0.15, -0.1) is 0 Å². The van der Waals surface area contributed by atoms with Crippen LogP contribution in [0.2, 0.25) is 5.15 Å². The highest BCUT2D eigenvalue weighted by Crippen LogP contribution is 2.22. The molecule has 0 radical (unpaired) electrons. The van der Waals surface area contributed by atoms with E-state index in [9.17, 15) is 14.4 Å². The highest BCUT2D eigenvalue weighted by atomic mass is 35.5. The third kappa shape index (κ3) is 15.8. The Hall–Kier alpha value is -2.55. The summed E-state index contributed by atoms with van der Waals surface area (Å²) < 4.78 is 4.84. The molecule has 0 unspecified atom stereocenters. The molecule has 1 aromatic rings. The summed E-state index contributed by atoms with van der Waals surface area (Å²) in [7, 11) is 1.54. The van der Waals surface area contributed by atoms with E-state index in [0.29, 0.717) is 17.7 Å². The molecule has 0 saturated heterocycles. The van der Waals surface area contributed by atoms with Gasteiger partial charge in [0.15, 0.2) is 0 Å². The first kappa shape index (κ1) is 30.4. The number of halogens is 1. The van der Waals surface area contributed by atoms with Crippen molar-refractivity contribution < 1.29 is 19.1 Å². The first-order valence-corrected chi connectivity index (χ1v) is 11.6. The third-order valence-electron chi connectivity index (χ3n) is 4.30. The third-order valence-corrected chi connectivity index (χ3v) is 4.51. The fourth-order valence-corrected chi connectivity index (χ4v) is 3.00. The van der Waals surface area contributed by atoms with Crippen molar-refractivity contribution >= 4 is 35.7 Å². The predicted octanol–water partition coefficient (Wildman–Crippen LogP) is 4.67. The highest BCUT2D eigenvalue weighted by molar-refractivity contribution is 6.29. The van der Waals surface area contributed by atoms with Crippen LogP contribution >= 0.6 is 11.6 Å². The van der Waals surface area contributed by atoms with E-state index in [2.05, 4.69) is 33.4 Å². The van der Waals surface area contributed by atoms with Gasteiger partial charge >= 0.3 is 6.09 Å². The number of hydrogen-bond donors (Lipinski definition) is 4. The lowest BCUT2D eigenvalue weighted by Gasteiger charge is -2.18. The van der Waals surface area contributed by atoms with E-state index in [1.807, 2.05) is 34.6 Å². The second kappa shape index (κ2) is 16.1. The molecule has 33 heavy (non-hydrogen) atoms. The van der Waals surface area contributed by atoms with E-state index in [1.165, 1.54) is 45.3 Å². The van der Waals surface area contributed by atoms with E-state index in [4.69, 9.17) is 16.3 Å². The Morgan fingerprint density at radius 1 is 1.21 bits per heavy atom. The Morgan fingerprint density at radius 2 is 1.82 bits per heavy atom. The maximum Gasteiger partial charge on any atom is 0.407 e. The number of carbonyl (C=O) groups is 3. The zero-order valence-corrected chi connectivity index (χ0v) is 21.6. The molecule has 4 N–H and O–H groups in total. The SMILES string of the molecule is CC(C)Nc1cc(Cl)ncc1C(=O)NNC=O.CC1CCCCC1.CNC(=O)OC(C)(C)C. The number of aromatic nitrogens is 1. The average molecular weight is 486 g/mol. The molecular weight excluding hydrogens is 446 g/mol. The van der Waals surface area contributed by atoms with Gasteiger partial charge in [0, 0.05) is 19.3 Å². The van der Waals surface area contributed by atoms with Gasteiger partial charge < -0.3 is 15.4 Å². The van der Waals surface area contributed by atoms with E-state index >= 15 is 0 Å². The minimum atomic E-state index is -0.468. The monoisotopic (exact) mass is 485 g/mol. The molecule has 1 aromatic heterocycles. The molecule has 1 aliphatic rings. The van der Waals surface area contributed by atoms with Gasteiger partial charge in [0.1, 0.15) is 10.8 Å². The Labute approximate surface area is 202 Å². The summed E-state index contributed by atoms with van der Waals surface area (Å²) in [4.78, 5) is 36.1.